The van der Waals surface area contributed by atoms with Crippen molar-refractivity contribution in [2.45, 2.75) is 57.5 Å². The standard InChI is InChI=1S/C18H24O5/c1-12-6-5-9-14(19)8-4-2-3-7-13-10-15(20)11-16(21)17(13)18(22)23-12/h3,7,10-12,14,19-21H,2,4-6,8-9H2,1H3/t12-,14+/m0/s1/i8D2,9D2,14D. The topological polar surface area (TPSA) is 87.0 Å². The maximum absolute atomic E-state index is 12.5. The maximum Gasteiger partial charge on any atom is 0.342 e. The number of hydrogen-bond acceptors (Lipinski definition) is 5. The number of aromatic hydroxyl groups is 2. The van der Waals surface area contributed by atoms with Gasteiger partial charge in [0.25, 0.3) is 0 Å². The number of ether oxygens (including phenoxy) is 1. The Hall–Kier alpha value is -2.01. The van der Waals surface area contributed by atoms with Gasteiger partial charge in [-0.15, -0.1) is 0 Å². The molecule has 5 nitrogen and oxygen atoms in total. The molecule has 0 amide bonds. The number of phenolic OH excluding ortho intramolecular Hbond substituents is 2. The first-order chi connectivity index (χ1) is 12.8. The summed E-state index contributed by atoms with van der Waals surface area (Å²) in [5.74, 6) is -1.61. The lowest BCUT2D eigenvalue weighted by atomic mass is 10.0. The molecule has 1 aromatic carbocycles. The van der Waals surface area contributed by atoms with E-state index in [4.69, 9.17) is 11.6 Å². The van der Waals surface area contributed by atoms with Crippen LogP contribution in [0.5, 0.6) is 11.5 Å². The molecule has 126 valence electrons. The summed E-state index contributed by atoms with van der Waals surface area (Å²) in [4.78, 5) is 12.5. The Kier molecular flexibility index (Phi) is 4.01. The van der Waals surface area contributed by atoms with Crippen LogP contribution in [-0.4, -0.2) is 33.5 Å². The van der Waals surface area contributed by atoms with E-state index >= 15 is 0 Å². The van der Waals surface area contributed by atoms with Gasteiger partial charge in [-0.25, -0.2) is 4.79 Å². The Morgan fingerprint density at radius 1 is 1.30 bits per heavy atom. The van der Waals surface area contributed by atoms with Crippen LogP contribution in [0.15, 0.2) is 18.2 Å². The van der Waals surface area contributed by atoms with Crippen LogP contribution < -0.4 is 0 Å². The fourth-order valence-electron chi connectivity index (χ4n) is 2.23. The SMILES string of the molecule is [2H]C1([2H])CCC=Cc2cc(O)cc(O)c2C(=O)O[C@@H](C)CCC([2H])([2H])[C@]1([2H])O. The molecule has 0 aromatic heterocycles. The zero-order valence-electron chi connectivity index (χ0n) is 17.9. The first kappa shape index (κ1) is 11.5. The summed E-state index contributed by atoms with van der Waals surface area (Å²) in [6.07, 6.45) is -6.93. The number of aliphatic hydroxyl groups is 1. The van der Waals surface area contributed by atoms with Gasteiger partial charge in [0.15, 0.2) is 0 Å². The van der Waals surface area contributed by atoms with E-state index in [0.717, 1.165) is 6.07 Å². The fourth-order valence-corrected chi connectivity index (χ4v) is 2.23. The Balaban J connectivity index is 2.47. The third-order valence-electron chi connectivity index (χ3n) is 3.39. The van der Waals surface area contributed by atoms with Crippen LogP contribution in [0.2, 0.25) is 0 Å². The van der Waals surface area contributed by atoms with Crippen LogP contribution in [0, 0.1) is 0 Å². The molecule has 0 saturated heterocycles. The summed E-state index contributed by atoms with van der Waals surface area (Å²) in [6, 6.07) is 2.25. The predicted molar refractivity (Wildman–Crippen MR) is 87.4 cm³/mol. The molecule has 1 aliphatic heterocycles. The molecule has 1 heterocycles. The molecular formula is C18H24O5. The summed E-state index contributed by atoms with van der Waals surface area (Å²) >= 11 is 0. The summed E-state index contributed by atoms with van der Waals surface area (Å²) in [7, 11) is 0. The van der Waals surface area contributed by atoms with Crippen molar-refractivity contribution >= 4 is 12.0 Å². The lowest BCUT2D eigenvalue weighted by Crippen LogP contribution is -2.17. The Bertz CT molecular complexity index is 776. The number of rotatable bonds is 0. The quantitative estimate of drug-likeness (QED) is 0.637. The number of esters is 1. The van der Waals surface area contributed by atoms with E-state index in [2.05, 4.69) is 0 Å². The number of hydrogen-bond donors (Lipinski definition) is 3. The van der Waals surface area contributed by atoms with Gasteiger partial charge in [0, 0.05) is 11.5 Å². The Morgan fingerprint density at radius 3 is 2.83 bits per heavy atom. The zero-order chi connectivity index (χ0) is 21.3. The smallest absolute Gasteiger partial charge is 0.342 e. The van der Waals surface area contributed by atoms with Crippen molar-refractivity contribution in [3.63, 3.8) is 0 Å². The number of cyclic esters (lactones) is 1. The van der Waals surface area contributed by atoms with Gasteiger partial charge in [-0.1, -0.05) is 12.2 Å². The lowest BCUT2D eigenvalue weighted by molar-refractivity contribution is 0.0307. The molecule has 0 saturated carbocycles. The van der Waals surface area contributed by atoms with E-state index in [0.29, 0.717) is 0 Å². The molecule has 23 heavy (non-hydrogen) atoms. The zero-order valence-corrected chi connectivity index (χ0v) is 12.9. The number of allylic oxidation sites excluding steroid dienone is 1. The second-order valence-electron chi connectivity index (χ2n) is 5.33. The molecule has 0 bridgehead atoms. The van der Waals surface area contributed by atoms with Crippen LogP contribution in [0.3, 0.4) is 0 Å². The number of carbonyl (C=O) groups excluding carboxylic acids is 1. The van der Waals surface area contributed by atoms with Crippen molar-refractivity contribution in [3.8, 4) is 11.5 Å². The Labute approximate surface area is 143 Å². The molecule has 3 N–H and O–H groups in total. The van der Waals surface area contributed by atoms with Gasteiger partial charge in [0.1, 0.15) is 17.1 Å². The largest absolute Gasteiger partial charge is 0.508 e. The van der Waals surface area contributed by atoms with E-state index in [1.54, 1.807) is 0 Å². The Morgan fingerprint density at radius 2 is 2.04 bits per heavy atom. The van der Waals surface area contributed by atoms with E-state index in [1.165, 1.54) is 25.1 Å². The average Bonchev–Trinajstić information content (AvgIpc) is 2.55. The number of benzene rings is 1. The minimum absolute atomic E-state index is 0.0194. The molecule has 0 unspecified atom stereocenters. The highest BCUT2D eigenvalue weighted by Crippen LogP contribution is 2.30. The highest BCUT2D eigenvalue weighted by Gasteiger charge is 2.20. The van der Waals surface area contributed by atoms with Gasteiger partial charge in [-0.05, 0) is 57.0 Å². The molecular weight excluding hydrogens is 296 g/mol. The van der Waals surface area contributed by atoms with Crippen molar-refractivity contribution in [3.05, 3.63) is 29.3 Å². The number of carbonyl (C=O) groups is 1. The highest BCUT2D eigenvalue weighted by atomic mass is 16.5. The molecule has 0 fully saturated rings. The van der Waals surface area contributed by atoms with Gasteiger partial charge in [-0.2, -0.15) is 0 Å². The van der Waals surface area contributed by atoms with Gasteiger partial charge in [-0.3, -0.25) is 0 Å². The molecule has 2 rings (SSSR count). The third-order valence-corrected chi connectivity index (χ3v) is 3.39. The molecule has 5 heteroatoms. The predicted octanol–water partition coefficient (Wildman–Crippen LogP) is 3.37. The molecule has 1 aromatic rings. The third kappa shape index (κ3) is 4.99. The van der Waals surface area contributed by atoms with Crippen LogP contribution >= 0.6 is 0 Å². The van der Waals surface area contributed by atoms with Crippen LogP contribution in [0.4, 0.5) is 0 Å². The molecule has 1 aliphatic rings. The maximum atomic E-state index is 12.5. The van der Waals surface area contributed by atoms with Gasteiger partial charge >= 0.3 is 5.97 Å². The fraction of sp³-hybridized carbons (Fsp3) is 0.500. The highest BCUT2D eigenvalue weighted by molar-refractivity contribution is 5.97. The average molecular weight is 325 g/mol. The second-order valence-corrected chi connectivity index (χ2v) is 5.33. The van der Waals surface area contributed by atoms with E-state index in [1.807, 2.05) is 0 Å². The molecule has 0 radical (unpaired) electrons. The minimum Gasteiger partial charge on any atom is -0.508 e. The summed E-state index contributed by atoms with van der Waals surface area (Å²) in [5, 5.41) is 30.1. The van der Waals surface area contributed by atoms with Crippen molar-refractivity contribution in [2.75, 3.05) is 0 Å². The molecule has 2 atom stereocenters. The van der Waals surface area contributed by atoms with Gasteiger partial charge < -0.3 is 20.1 Å². The summed E-state index contributed by atoms with van der Waals surface area (Å²) in [5.41, 5.74) is 0.00441. The second kappa shape index (κ2) is 8.02. The van der Waals surface area contributed by atoms with Gasteiger partial charge in [0.2, 0.25) is 0 Å². The van der Waals surface area contributed by atoms with Crippen LogP contribution in [0.25, 0.3) is 6.08 Å². The first-order valence-corrected chi connectivity index (χ1v) is 7.44. The van der Waals surface area contributed by atoms with Crippen molar-refractivity contribution in [1.29, 1.82) is 0 Å². The van der Waals surface area contributed by atoms with Crippen molar-refractivity contribution in [2.24, 2.45) is 0 Å². The van der Waals surface area contributed by atoms with Crippen molar-refractivity contribution < 1.29 is 31.7 Å². The van der Waals surface area contributed by atoms with Crippen LogP contribution in [-0.2, 0) is 4.74 Å². The minimum atomic E-state index is -3.00. The first-order valence-electron chi connectivity index (χ1n) is 9.94. The van der Waals surface area contributed by atoms with Gasteiger partial charge in [0.05, 0.1) is 13.6 Å². The van der Waals surface area contributed by atoms with E-state index in [9.17, 15) is 20.1 Å². The summed E-state index contributed by atoms with van der Waals surface area (Å²) < 4.78 is 45.2. The van der Waals surface area contributed by atoms with Crippen molar-refractivity contribution in [1.82, 2.24) is 0 Å². The van der Waals surface area contributed by atoms with E-state index < -0.39 is 43.1 Å². The summed E-state index contributed by atoms with van der Waals surface area (Å²) in [6.45, 7) is 1.49. The molecule has 0 spiro atoms. The monoisotopic (exact) mass is 325 g/mol. The number of fused-ring (bicyclic) bond motifs is 1. The molecule has 0 aliphatic carbocycles. The lowest BCUT2D eigenvalue weighted by Gasteiger charge is -2.17. The van der Waals surface area contributed by atoms with Crippen LogP contribution in [0.1, 0.15) is 68.1 Å². The number of phenols is 2. The van der Waals surface area contributed by atoms with E-state index in [-0.39, 0.29) is 36.1 Å². The normalized spacial score (nSPS) is 34.4.